The molecule has 0 spiro atoms. The average Bonchev–Trinajstić information content (AvgIpc) is 1.84. The molecule has 0 aromatic heterocycles. The first kappa shape index (κ1) is 11.8. The molecular weight excluding hydrogens is 152 g/mol. The third-order valence-corrected chi connectivity index (χ3v) is 1.44. The quantitative estimate of drug-likeness (QED) is 0.548. The van der Waals surface area contributed by atoms with E-state index in [4.69, 9.17) is 0 Å². The van der Waals surface area contributed by atoms with Crippen LogP contribution >= 0.6 is 0 Å². The van der Waals surface area contributed by atoms with Gasteiger partial charge in [0.15, 0.2) is 0 Å². The van der Waals surface area contributed by atoms with E-state index in [0.717, 1.165) is 20.0 Å². The fraction of sp³-hybridized carbons (Fsp3) is 1.00. The SMILES string of the molecule is CNCN(C)CN(C)CN(C)C. The highest BCUT2D eigenvalue weighted by atomic mass is 15.4. The molecule has 0 saturated heterocycles. The molecule has 12 heavy (non-hydrogen) atoms. The van der Waals surface area contributed by atoms with Gasteiger partial charge in [-0.15, -0.1) is 0 Å². The summed E-state index contributed by atoms with van der Waals surface area (Å²) in [5.41, 5.74) is 0. The Hall–Kier alpha value is -0.160. The highest BCUT2D eigenvalue weighted by molar-refractivity contribution is 4.49. The minimum atomic E-state index is 0.928. The van der Waals surface area contributed by atoms with Crippen LogP contribution in [-0.2, 0) is 0 Å². The fourth-order valence-electron chi connectivity index (χ4n) is 1.26. The van der Waals surface area contributed by atoms with Crippen LogP contribution in [0.1, 0.15) is 0 Å². The van der Waals surface area contributed by atoms with Crippen molar-refractivity contribution in [2.75, 3.05) is 55.2 Å². The minimum Gasteiger partial charge on any atom is -0.307 e. The molecule has 0 rings (SSSR count). The first-order valence-electron chi connectivity index (χ1n) is 4.22. The van der Waals surface area contributed by atoms with Gasteiger partial charge in [0, 0.05) is 6.67 Å². The Morgan fingerprint density at radius 2 is 1.50 bits per heavy atom. The van der Waals surface area contributed by atoms with E-state index in [1.807, 2.05) is 7.05 Å². The zero-order valence-corrected chi connectivity index (χ0v) is 8.96. The smallest absolute Gasteiger partial charge is 0.0523 e. The van der Waals surface area contributed by atoms with Crippen LogP contribution in [0.5, 0.6) is 0 Å². The van der Waals surface area contributed by atoms with Crippen molar-refractivity contribution >= 4 is 0 Å². The van der Waals surface area contributed by atoms with Gasteiger partial charge in [-0.25, -0.2) is 0 Å². The molecule has 0 unspecified atom stereocenters. The summed E-state index contributed by atoms with van der Waals surface area (Å²) < 4.78 is 0. The van der Waals surface area contributed by atoms with Gasteiger partial charge in [-0.1, -0.05) is 0 Å². The Kier molecular flexibility index (Phi) is 6.28. The van der Waals surface area contributed by atoms with Crippen molar-refractivity contribution in [2.24, 2.45) is 0 Å². The van der Waals surface area contributed by atoms with E-state index in [2.05, 4.69) is 48.2 Å². The Bertz CT molecular complexity index is 105. The second-order valence-corrected chi connectivity index (χ2v) is 3.59. The Morgan fingerprint density at radius 1 is 0.917 bits per heavy atom. The summed E-state index contributed by atoms with van der Waals surface area (Å²) in [6, 6.07) is 0. The maximum atomic E-state index is 3.11. The monoisotopic (exact) mass is 174 g/mol. The zero-order chi connectivity index (χ0) is 9.56. The fourth-order valence-corrected chi connectivity index (χ4v) is 1.26. The van der Waals surface area contributed by atoms with Gasteiger partial charge in [-0.2, -0.15) is 0 Å². The predicted molar refractivity (Wildman–Crippen MR) is 52.9 cm³/mol. The normalized spacial score (nSPS) is 12.0. The average molecular weight is 174 g/mol. The van der Waals surface area contributed by atoms with Crippen molar-refractivity contribution in [1.82, 2.24) is 20.0 Å². The van der Waals surface area contributed by atoms with Gasteiger partial charge in [-0.05, 0) is 35.2 Å². The van der Waals surface area contributed by atoms with E-state index in [1.165, 1.54) is 0 Å². The molecule has 0 atom stereocenters. The molecule has 4 nitrogen and oxygen atoms in total. The second-order valence-electron chi connectivity index (χ2n) is 3.59. The molecule has 1 N–H and O–H groups in total. The highest BCUT2D eigenvalue weighted by Crippen LogP contribution is 1.87. The molecule has 0 aliphatic carbocycles. The molecule has 0 aliphatic heterocycles. The minimum absolute atomic E-state index is 0.928. The van der Waals surface area contributed by atoms with Crippen LogP contribution in [-0.4, -0.2) is 69.9 Å². The van der Waals surface area contributed by atoms with Crippen LogP contribution in [0.4, 0.5) is 0 Å². The van der Waals surface area contributed by atoms with Crippen LogP contribution in [0, 0.1) is 0 Å². The molecule has 74 valence electrons. The third-order valence-electron chi connectivity index (χ3n) is 1.44. The lowest BCUT2D eigenvalue weighted by atomic mass is 10.7. The summed E-state index contributed by atoms with van der Waals surface area (Å²) in [6.07, 6.45) is 0. The highest BCUT2D eigenvalue weighted by Gasteiger charge is 2.02. The van der Waals surface area contributed by atoms with E-state index in [9.17, 15) is 0 Å². The summed E-state index contributed by atoms with van der Waals surface area (Å²) in [5, 5.41) is 3.11. The summed E-state index contributed by atoms with van der Waals surface area (Å²) in [4.78, 5) is 6.65. The van der Waals surface area contributed by atoms with E-state index < -0.39 is 0 Å². The second kappa shape index (κ2) is 6.37. The molecule has 0 amide bonds. The Balaban J connectivity index is 3.46. The molecule has 0 fully saturated rings. The molecular formula is C8H22N4. The van der Waals surface area contributed by atoms with E-state index in [0.29, 0.717) is 0 Å². The molecule has 0 aliphatic rings. The van der Waals surface area contributed by atoms with Crippen molar-refractivity contribution in [1.29, 1.82) is 0 Å². The molecule has 4 heteroatoms. The maximum Gasteiger partial charge on any atom is 0.0523 e. The lowest BCUT2D eigenvalue weighted by Gasteiger charge is -2.26. The van der Waals surface area contributed by atoms with Gasteiger partial charge in [0.1, 0.15) is 0 Å². The van der Waals surface area contributed by atoms with Crippen LogP contribution in [0.2, 0.25) is 0 Å². The van der Waals surface area contributed by atoms with Crippen molar-refractivity contribution in [3.05, 3.63) is 0 Å². The van der Waals surface area contributed by atoms with E-state index in [-0.39, 0.29) is 0 Å². The third kappa shape index (κ3) is 6.54. The summed E-state index contributed by atoms with van der Waals surface area (Å²) in [6.45, 7) is 2.91. The molecule has 0 radical (unpaired) electrons. The summed E-state index contributed by atoms with van der Waals surface area (Å²) >= 11 is 0. The van der Waals surface area contributed by atoms with Gasteiger partial charge in [-0.3, -0.25) is 14.7 Å². The largest absolute Gasteiger partial charge is 0.307 e. The first-order chi connectivity index (χ1) is 5.56. The van der Waals surface area contributed by atoms with E-state index in [1.54, 1.807) is 0 Å². The van der Waals surface area contributed by atoms with Gasteiger partial charge >= 0.3 is 0 Å². The number of hydrogen-bond donors (Lipinski definition) is 1. The topological polar surface area (TPSA) is 21.8 Å². The molecule has 0 saturated carbocycles. The van der Waals surface area contributed by atoms with Crippen LogP contribution < -0.4 is 5.32 Å². The molecule has 0 aromatic carbocycles. The van der Waals surface area contributed by atoms with Gasteiger partial charge in [0.25, 0.3) is 0 Å². The molecule has 0 bridgehead atoms. The van der Waals surface area contributed by atoms with Gasteiger partial charge in [0.2, 0.25) is 0 Å². The zero-order valence-electron chi connectivity index (χ0n) is 8.96. The van der Waals surface area contributed by atoms with Crippen LogP contribution in [0.25, 0.3) is 0 Å². The maximum absolute atomic E-state index is 3.11. The van der Waals surface area contributed by atoms with Crippen molar-refractivity contribution in [2.45, 2.75) is 0 Å². The Labute approximate surface area is 76.1 Å². The van der Waals surface area contributed by atoms with Crippen molar-refractivity contribution < 1.29 is 0 Å². The van der Waals surface area contributed by atoms with Gasteiger partial charge < -0.3 is 5.32 Å². The van der Waals surface area contributed by atoms with Gasteiger partial charge in [0.05, 0.1) is 13.3 Å². The molecule has 0 aromatic rings. The van der Waals surface area contributed by atoms with Crippen molar-refractivity contribution in [3.63, 3.8) is 0 Å². The summed E-state index contributed by atoms with van der Waals surface area (Å²) in [7, 11) is 10.3. The first-order valence-corrected chi connectivity index (χ1v) is 4.22. The van der Waals surface area contributed by atoms with Crippen molar-refractivity contribution in [3.8, 4) is 0 Å². The lowest BCUT2D eigenvalue weighted by molar-refractivity contribution is 0.127. The number of nitrogens with one attached hydrogen (secondary N) is 1. The van der Waals surface area contributed by atoms with E-state index >= 15 is 0 Å². The summed E-state index contributed by atoms with van der Waals surface area (Å²) in [5.74, 6) is 0. The predicted octanol–water partition coefficient (Wildman–Crippen LogP) is -0.496. The lowest BCUT2D eigenvalue weighted by Crippen LogP contribution is -2.41. The number of hydrogen-bond acceptors (Lipinski definition) is 4. The number of nitrogens with zero attached hydrogens (tertiary/aromatic N) is 3. The Morgan fingerprint density at radius 3 is 1.92 bits per heavy atom. The van der Waals surface area contributed by atoms with Crippen LogP contribution in [0.3, 0.4) is 0 Å². The standard InChI is InChI=1S/C8H22N4/c1-9-6-11(4)8-12(5)7-10(2)3/h9H,6-8H2,1-5H3. The number of rotatable bonds is 6. The van der Waals surface area contributed by atoms with Crippen LogP contribution in [0.15, 0.2) is 0 Å². The molecule has 0 heterocycles.